The number of pyridine rings is 1. The fourth-order valence-corrected chi connectivity index (χ4v) is 4.49. The van der Waals surface area contributed by atoms with Crippen LogP contribution in [-0.2, 0) is 19.4 Å². The van der Waals surface area contributed by atoms with Crippen molar-refractivity contribution in [3.63, 3.8) is 0 Å². The van der Waals surface area contributed by atoms with E-state index in [1.807, 2.05) is 0 Å². The zero-order chi connectivity index (χ0) is 24.2. The Bertz CT molecular complexity index is 1320. The second kappa shape index (κ2) is 9.82. The molecule has 3 rings (SSSR count). The van der Waals surface area contributed by atoms with Crippen LogP contribution in [0.4, 0.5) is 24.7 Å². The summed E-state index contributed by atoms with van der Waals surface area (Å²) in [6, 6.07) is 9.19. The molecule has 7 nitrogen and oxygen atoms in total. The molecule has 1 heterocycles. The molecule has 33 heavy (non-hydrogen) atoms. The third-order valence-electron chi connectivity index (χ3n) is 4.38. The lowest BCUT2D eigenvalue weighted by Gasteiger charge is -2.16. The van der Waals surface area contributed by atoms with E-state index in [0.717, 1.165) is 12.1 Å². The van der Waals surface area contributed by atoms with Crippen LogP contribution in [-0.4, -0.2) is 31.8 Å². The van der Waals surface area contributed by atoms with E-state index < -0.39 is 61.7 Å². The second-order valence-corrected chi connectivity index (χ2v) is 8.52. The highest BCUT2D eigenvalue weighted by atomic mass is 32.2. The Balaban J connectivity index is 2.22. The molecular formula is C22H17F3N2O5S. The highest BCUT2D eigenvalue weighted by Gasteiger charge is 2.33. The lowest BCUT2D eigenvalue weighted by atomic mass is 10.1. The lowest BCUT2D eigenvalue weighted by molar-refractivity contribution is -0.141. The lowest BCUT2D eigenvalue weighted by Crippen LogP contribution is -2.19. The third kappa shape index (κ3) is 5.20. The maximum Gasteiger partial charge on any atom is 0.313 e. The summed E-state index contributed by atoms with van der Waals surface area (Å²) in [5.41, 5.74) is -1.15. The Morgan fingerprint density at radius 2 is 1.73 bits per heavy atom. The number of nitrogens with zero attached hydrogens (tertiary/aromatic N) is 1. The van der Waals surface area contributed by atoms with Crippen LogP contribution in [0.5, 0.6) is 0 Å². The number of hydrogen-bond acceptors (Lipinski definition) is 7. The standard InChI is InChI=1S/C22H17F3N2O5S/c1-2-32-19(29)11-18(28)20-21(33(30,31)14-6-4-3-5-7-14)16(25)12-26-22(20)27-17-9-8-13(23)10-15(17)24/h3-10,12H,2,11H2,1H3,(H,26,27). The van der Waals surface area contributed by atoms with Crippen molar-refractivity contribution >= 4 is 33.1 Å². The number of nitrogens with one attached hydrogen (secondary N) is 1. The van der Waals surface area contributed by atoms with Gasteiger partial charge in [0.05, 0.1) is 29.0 Å². The fourth-order valence-electron chi connectivity index (χ4n) is 2.95. The molecule has 0 aliphatic rings. The molecule has 11 heteroatoms. The zero-order valence-corrected chi connectivity index (χ0v) is 18.0. The van der Waals surface area contributed by atoms with Crippen molar-refractivity contribution in [1.29, 1.82) is 0 Å². The van der Waals surface area contributed by atoms with Crippen molar-refractivity contribution < 1.29 is 35.9 Å². The summed E-state index contributed by atoms with van der Waals surface area (Å²) in [4.78, 5) is 27.2. The molecular weight excluding hydrogens is 461 g/mol. The van der Waals surface area contributed by atoms with Crippen molar-refractivity contribution in [1.82, 2.24) is 4.98 Å². The van der Waals surface area contributed by atoms with Gasteiger partial charge in [-0.25, -0.2) is 26.6 Å². The summed E-state index contributed by atoms with van der Waals surface area (Å²) in [6.45, 7) is 1.45. The fraction of sp³-hybridized carbons (Fsp3) is 0.136. The monoisotopic (exact) mass is 478 g/mol. The van der Waals surface area contributed by atoms with Crippen LogP contribution in [0.3, 0.4) is 0 Å². The van der Waals surface area contributed by atoms with Gasteiger partial charge in [-0.2, -0.15) is 0 Å². The van der Waals surface area contributed by atoms with E-state index in [2.05, 4.69) is 10.3 Å². The van der Waals surface area contributed by atoms with Crippen LogP contribution in [0, 0.1) is 17.5 Å². The topological polar surface area (TPSA) is 102 Å². The number of anilines is 2. The number of sulfone groups is 1. The molecule has 1 aromatic heterocycles. The van der Waals surface area contributed by atoms with Gasteiger partial charge in [0.15, 0.2) is 11.6 Å². The normalized spacial score (nSPS) is 11.2. The average molecular weight is 478 g/mol. The minimum atomic E-state index is -4.61. The van der Waals surface area contributed by atoms with Crippen molar-refractivity contribution in [2.45, 2.75) is 23.1 Å². The summed E-state index contributed by atoms with van der Waals surface area (Å²) in [5, 5.41) is 2.39. The van der Waals surface area contributed by atoms with Crippen LogP contribution < -0.4 is 5.32 Å². The van der Waals surface area contributed by atoms with Crippen LogP contribution in [0.1, 0.15) is 23.7 Å². The van der Waals surface area contributed by atoms with Gasteiger partial charge >= 0.3 is 5.97 Å². The Hall–Kier alpha value is -3.73. The van der Waals surface area contributed by atoms with Crippen LogP contribution in [0.25, 0.3) is 0 Å². The molecule has 0 bridgehead atoms. The minimum Gasteiger partial charge on any atom is -0.466 e. The number of esters is 1. The molecule has 0 atom stereocenters. The van der Waals surface area contributed by atoms with Gasteiger partial charge in [0, 0.05) is 6.07 Å². The first kappa shape index (κ1) is 23.9. The smallest absolute Gasteiger partial charge is 0.313 e. The number of rotatable bonds is 8. The molecule has 0 aliphatic heterocycles. The molecule has 0 fully saturated rings. The van der Waals surface area contributed by atoms with Crippen LogP contribution >= 0.6 is 0 Å². The number of hydrogen-bond donors (Lipinski definition) is 1. The number of benzene rings is 2. The molecule has 0 amide bonds. The number of Topliss-reactive ketones (excluding diaryl/α,β-unsaturated/α-hetero) is 1. The Kier molecular flexibility index (Phi) is 7.12. The molecule has 2 aromatic carbocycles. The van der Waals surface area contributed by atoms with E-state index in [1.54, 1.807) is 6.07 Å². The summed E-state index contributed by atoms with van der Waals surface area (Å²) in [7, 11) is -4.61. The third-order valence-corrected chi connectivity index (χ3v) is 6.21. The number of ether oxygens (including phenoxy) is 1. The van der Waals surface area contributed by atoms with Crippen molar-refractivity contribution in [3.8, 4) is 0 Å². The van der Waals surface area contributed by atoms with Crippen LogP contribution in [0.2, 0.25) is 0 Å². The maximum atomic E-state index is 14.9. The highest BCUT2D eigenvalue weighted by Crippen LogP contribution is 2.33. The van der Waals surface area contributed by atoms with E-state index in [0.29, 0.717) is 12.3 Å². The SMILES string of the molecule is CCOC(=O)CC(=O)c1c(Nc2ccc(F)cc2F)ncc(F)c1S(=O)(=O)c1ccccc1. The van der Waals surface area contributed by atoms with Crippen molar-refractivity contribution in [3.05, 3.63) is 77.7 Å². The predicted octanol–water partition coefficient (Wildman–Crippen LogP) is 4.21. The zero-order valence-electron chi connectivity index (χ0n) is 17.1. The summed E-state index contributed by atoms with van der Waals surface area (Å²) < 4.78 is 73.5. The molecule has 0 radical (unpaired) electrons. The molecule has 0 saturated heterocycles. The molecule has 0 saturated carbocycles. The van der Waals surface area contributed by atoms with Gasteiger partial charge in [-0.15, -0.1) is 0 Å². The van der Waals surface area contributed by atoms with Gasteiger partial charge in [0.25, 0.3) is 0 Å². The van der Waals surface area contributed by atoms with Crippen molar-refractivity contribution in [2.24, 2.45) is 0 Å². The molecule has 3 aromatic rings. The van der Waals surface area contributed by atoms with E-state index in [1.165, 1.54) is 31.2 Å². The van der Waals surface area contributed by atoms with Gasteiger partial charge in [0.2, 0.25) is 9.84 Å². The van der Waals surface area contributed by atoms with Gasteiger partial charge in [-0.1, -0.05) is 18.2 Å². The van der Waals surface area contributed by atoms with E-state index in [-0.39, 0.29) is 17.2 Å². The quantitative estimate of drug-likeness (QED) is 0.294. The summed E-state index contributed by atoms with van der Waals surface area (Å²) in [5.74, 6) is -5.94. The predicted molar refractivity (Wildman–Crippen MR) is 111 cm³/mol. The number of aromatic nitrogens is 1. The Labute approximate surface area is 187 Å². The first-order valence-corrected chi connectivity index (χ1v) is 11.0. The Morgan fingerprint density at radius 3 is 2.36 bits per heavy atom. The van der Waals surface area contributed by atoms with E-state index >= 15 is 0 Å². The largest absolute Gasteiger partial charge is 0.466 e. The average Bonchev–Trinajstić information content (AvgIpc) is 2.77. The second-order valence-electron chi connectivity index (χ2n) is 6.63. The highest BCUT2D eigenvalue weighted by molar-refractivity contribution is 7.91. The maximum absolute atomic E-state index is 14.9. The number of carbonyl (C=O) groups is 2. The first-order valence-electron chi connectivity index (χ1n) is 9.54. The van der Waals surface area contributed by atoms with E-state index in [9.17, 15) is 31.2 Å². The van der Waals surface area contributed by atoms with Crippen molar-refractivity contribution in [2.75, 3.05) is 11.9 Å². The van der Waals surface area contributed by atoms with Gasteiger partial charge < -0.3 is 10.1 Å². The molecule has 1 N–H and O–H groups in total. The number of halogens is 3. The minimum absolute atomic E-state index is 0.0470. The first-order chi connectivity index (χ1) is 15.6. The van der Waals surface area contributed by atoms with Gasteiger partial charge in [-0.3, -0.25) is 9.59 Å². The van der Waals surface area contributed by atoms with Crippen LogP contribution in [0.15, 0.2) is 64.5 Å². The summed E-state index contributed by atoms with van der Waals surface area (Å²) in [6.07, 6.45) is -0.377. The Morgan fingerprint density at radius 1 is 1.03 bits per heavy atom. The number of ketones is 1. The molecule has 0 spiro atoms. The molecule has 172 valence electrons. The molecule has 0 aliphatic carbocycles. The van der Waals surface area contributed by atoms with E-state index in [4.69, 9.17) is 4.74 Å². The summed E-state index contributed by atoms with van der Waals surface area (Å²) >= 11 is 0. The van der Waals surface area contributed by atoms with Gasteiger partial charge in [-0.05, 0) is 31.2 Å². The molecule has 0 unspecified atom stereocenters. The van der Waals surface area contributed by atoms with Gasteiger partial charge in [0.1, 0.15) is 28.8 Å². The number of carbonyl (C=O) groups excluding carboxylic acids is 2.